The summed E-state index contributed by atoms with van der Waals surface area (Å²) in [6.07, 6.45) is 0. The van der Waals surface area contributed by atoms with E-state index in [0.29, 0.717) is 24.6 Å². The van der Waals surface area contributed by atoms with Crippen LogP contribution in [0.1, 0.15) is 19.7 Å². The summed E-state index contributed by atoms with van der Waals surface area (Å²) < 4.78 is 26.7. The highest BCUT2D eigenvalue weighted by atomic mass is 32.2. The van der Waals surface area contributed by atoms with E-state index in [1.807, 2.05) is 30.3 Å². The standard InChI is InChI=1S/C19H20N6O2S/c1-3-25(4-2)28(26,27)15-9-7-8-14(12-15)23-24-18(13-20)19-21-16-10-5-6-11-17(16)22-19/h5-12,23H,3-4H2,1-2H3,(H,21,22)/b24-18+. The molecule has 0 saturated carbocycles. The molecule has 0 saturated heterocycles. The molecule has 9 heteroatoms. The minimum Gasteiger partial charge on any atom is -0.336 e. The van der Waals surface area contributed by atoms with E-state index in [1.165, 1.54) is 16.4 Å². The number of benzene rings is 2. The normalized spacial score (nSPS) is 12.3. The van der Waals surface area contributed by atoms with Gasteiger partial charge in [-0.25, -0.2) is 13.4 Å². The molecule has 0 fully saturated rings. The Morgan fingerprint density at radius 3 is 2.64 bits per heavy atom. The third-order valence-corrected chi connectivity index (χ3v) is 6.24. The van der Waals surface area contributed by atoms with Gasteiger partial charge in [0.15, 0.2) is 5.82 Å². The van der Waals surface area contributed by atoms with Gasteiger partial charge in [-0.1, -0.05) is 32.0 Å². The summed E-state index contributed by atoms with van der Waals surface area (Å²) in [5.74, 6) is 0.336. The van der Waals surface area contributed by atoms with Gasteiger partial charge in [-0.05, 0) is 30.3 Å². The number of nitriles is 1. The summed E-state index contributed by atoms with van der Waals surface area (Å²) in [7, 11) is -3.58. The highest BCUT2D eigenvalue weighted by Crippen LogP contribution is 2.20. The van der Waals surface area contributed by atoms with Crippen LogP contribution in [0.15, 0.2) is 58.5 Å². The van der Waals surface area contributed by atoms with Crippen LogP contribution >= 0.6 is 0 Å². The van der Waals surface area contributed by atoms with Crippen molar-refractivity contribution in [2.24, 2.45) is 5.10 Å². The van der Waals surface area contributed by atoms with E-state index in [-0.39, 0.29) is 10.6 Å². The van der Waals surface area contributed by atoms with Crippen LogP contribution in [-0.4, -0.2) is 41.5 Å². The summed E-state index contributed by atoms with van der Waals surface area (Å²) in [5.41, 5.74) is 4.80. The number of anilines is 1. The summed E-state index contributed by atoms with van der Waals surface area (Å²) in [4.78, 5) is 7.55. The molecule has 0 amide bonds. The number of aromatic nitrogens is 2. The molecule has 0 bridgehead atoms. The second kappa shape index (κ2) is 8.21. The van der Waals surface area contributed by atoms with Gasteiger partial charge < -0.3 is 4.98 Å². The van der Waals surface area contributed by atoms with Crippen molar-refractivity contribution < 1.29 is 8.42 Å². The number of hydrogen-bond donors (Lipinski definition) is 2. The molecule has 2 aromatic carbocycles. The molecule has 0 spiro atoms. The average Bonchev–Trinajstić information content (AvgIpc) is 3.13. The van der Waals surface area contributed by atoms with Crippen molar-refractivity contribution in [2.45, 2.75) is 18.7 Å². The molecule has 0 atom stereocenters. The first-order chi connectivity index (χ1) is 13.5. The first-order valence-electron chi connectivity index (χ1n) is 8.78. The van der Waals surface area contributed by atoms with Crippen LogP contribution in [-0.2, 0) is 10.0 Å². The molecular weight excluding hydrogens is 376 g/mol. The van der Waals surface area contributed by atoms with Crippen molar-refractivity contribution in [2.75, 3.05) is 18.5 Å². The Morgan fingerprint density at radius 1 is 1.21 bits per heavy atom. The van der Waals surface area contributed by atoms with E-state index in [1.54, 1.807) is 26.0 Å². The van der Waals surface area contributed by atoms with E-state index < -0.39 is 10.0 Å². The van der Waals surface area contributed by atoms with Crippen molar-refractivity contribution in [3.8, 4) is 6.07 Å². The molecule has 0 aliphatic rings. The van der Waals surface area contributed by atoms with Crippen molar-refractivity contribution >= 4 is 32.5 Å². The maximum atomic E-state index is 12.7. The van der Waals surface area contributed by atoms with Gasteiger partial charge in [0.2, 0.25) is 15.7 Å². The molecular formula is C19H20N6O2S. The third-order valence-electron chi connectivity index (χ3n) is 4.19. The zero-order chi connectivity index (χ0) is 20.1. The fourth-order valence-corrected chi connectivity index (χ4v) is 4.26. The maximum Gasteiger partial charge on any atom is 0.243 e. The molecule has 8 nitrogen and oxygen atoms in total. The van der Waals surface area contributed by atoms with Crippen LogP contribution in [0.25, 0.3) is 11.0 Å². The van der Waals surface area contributed by atoms with Crippen LogP contribution in [0.2, 0.25) is 0 Å². The lowest BCUT2D eigenvalue weighted by molar-refractivity contribution is 0.445. The number of sulfonamides is 1. The van der Waals surface area contributed by atoms with Crippen LogP contribution in [0, 0.1) is 11.3 Å². The Morgan fingerprint density at radius 2 is 1.96 bits per heavy atom. The largest absolute Gasteiger partial charge is 0.336 e. The van der Waals surface area contributed by atoms with E-state index in [9.17, 15) is 13.7 Å². The SMILES string of the molecule is CCN(CC)S(=O)(=O)c1cccc(N/N=C(\C#N)c2nc3ccccc3[nH]2)c1. The second-order valence-electron chi connectivity index (χ2n) is 5.90. The van der Waals surface area contributed by atoms with Crippen molar-refractivity contribution in [3.05, 3.63) is 54.4 Å². The minimum absolute atomic E-state index is 0.0632. The van der Waals surface area contributed by atoms with Gasteiger partial charge in [0.25, 0.3) is 0 Å². The monoisotopic (exact) mass is 396 g/mol. The number of para-hydroxylation sites is 2. The van der Waals surface area contributed by atoms with Crippen LogP contribution in [0.4, 0.5) is 5.69 Å². The quantitative estimate of drug-likeness (QED) is 0.471. The lowest BCUT2D eigenvalue weighted by atomic mass is 10.3. The smallest absolute Gasteiger partial charge is 0.243 e. The lowest BCUT2D eigenvalue weighted by Gasteiger charge is -2.18. The topological polar surface area (TPSA) is 114 Å². The summed E-state index contributed by atoms with van der Waals surface area (Å²) in [6.45, 7) is 4.36. The number of imidazole rings is 1. The zero-order valence-electron chi connectivity index (χ0n) is 15.5. The van der Waals surface area contributed by atoms with Gasteiger partial charge in [0.05, 0.1) is 21.6 Å². The summed E-state index contributed by atoms with van der Waals surface area (Å²) >= 11 is 0. The lowest BCUT2D eigenvalue weighted by Crippen LogP contribution is -2.30. The average molecular weight is 396 g/mol. The van der Waals surface area contributed by atoms with Crippen LogP contribution < -0.4 is 5.43 Å². The second-order valence-corrected chi connectivity index (χ2v) is 7.84. The summed E-state index contributed by atoms with van der Waals surface area (Å²) in [6, 6.07) is 15.7. The highest BCUT2D eigenvalue weighted by molar-refractivity contribution is 7.89. The molecule has 1 aromatic heterocycles. The fourth-order valence-electron chi connectivity index (χ4n) is 2.75. The van der Waals surface area contributed by atoms with Crippen molar-refractivity contribution in [1.82, 2.24) is 14.3 Å². The Kier molecular flexibility index (Phi) is 5.73. The molecule has 1 heterocycles. The van der Waals surface area contributed by atoms with Crippen LogP contribution in [0.3, 0.4) is 0 Å². The van der Waals surface area contributed by atoms with E-state index in [4.69, 9.17) is 0 Å². The van der Waals surface area contributed by atoms with E-state index >= 15 is 0 Å². The highest BCUT2D eigenvalue weighted by Gasteiger charge is 2.21. The molecule has 2 N–H and O–H groups in total. The summed E-state index contributed by atoms with van der Waals surface area (Å²) in [5, 5.41) is 13.5. The van der Waals surface area contributed by atoms with Gasteiger partial charge in [0, 0.05) is 13.1 Å². The molecule has 3 aromatic rings. The molecule has 0 aliphatic heterocycles. The molecule has 0 radical (unpaired) electrons. The number of nitrogens with one attached hydrogen (secondary N) is 2. The molecule has 144 valence electrons. The number of H-pyrrole nitrogens is 1. The Bertz CT molecular complexity index is 1120. The minimum atomic E-state index is -3.58. The Balaban J connectivity index is 1.88. The predicted octanol–water partition coefficient (Wildman–Crippen LogP) is 2.93. The van der Waals surface area contributed by atoms with Gasteiger partial charge in [-0.15, -0.1) is 0 Å². The number of fused-ring (bicyclic) bond motifs is 1. The van der Waals surface area contributed by atoms with Crippen molar-refractivity contribution in [1.29, 1.82) is 5.26 Å². The number of nitrogens with zero attached hydrogens (tertiary/aromatic N) is 4. The fraction of sp³-hybridized carbons (Fsp3) is 0.211. The molecule has 3 rings (SSSR count). The van der Waals surface area contributed by atoms with E-state index in [2.05, 4.69) is 20.5 Å². The van der Waals surface area contributed by atoms with Gasteiger partial charge in [-0.3, -0.25) is 5.43 Å². The molecule has 28 heavy (non-hydrogen) atoms. The third kappa shape index (κ3) is 3.88. The Hall–Kier alpha value is -3.22. The van der Waals surface area contributed by atoms with Gasteiger partial charge >= 0.3 is 0 Å². The van der Waals surface area contributed by atoms with Gasteiger partial charge in [0.1, 0.15) is 6.07 Å². The van der Waals surface area contributed by atoms with Crippen molar-refractivity contribution in [3.63, 3.8) is 0 Å². The number of hydrazone groups is 1. The predicted molar refractivity (Wildman–Crippen MR) is 108 cm³/mol. The maximum absolute atomic E-state index is 12.7. The number of hydrogen-bond acceptors (Lipinski definition) is 6. The zero-order valence-corrected chi connectivity index (χ0v) is 16.4. The molecule has 0 unspecified atom stereocenters. The number of aromatic amines is 1. The Labute approximate surface area is 163 Å². The van der Waals surface area contributed by atoms with E-state index in [0.717, 1.165) is 11.0 Å². The van der Waals surface area contributed by atoms with Crippen LogP contribution in [0.5, 0.6) is 0 Å². The molecule has 0 aliphatic carbocycles. The van der Waals surface area contributed by atoms with Gasteiger partial charge in [-0.2, -0.15) is 14.7 Å². The number of rotatable bonds is 7. The first-order valence-corrected chi connectivity index (χ1v) is 10.2. The first kappa shape index (κ1) is 19.5.